The number of aromatic amines is 1. The van der Waals surface area contributed by atoms with Gasteiger partial charge in [-0.05, 0) is 0 Å². The molecule has 2 aromatic rings. The third-order valence-electron chi connectivity index (χ3n) is 1.98. The maximum Gasteiger partial charge on any atom is 0.433 e. The Labute approximate surface area is 102 Å². The number of H-pyrrole nitrogens is 1. The number of carbonyl (C=O) groups excluding carboxylic acids is 1. The number of fused-ring (bicyclic) bond motifs is 1. The summed E-state index contributed by atoms with van der Waals surface area (Å²) in [4.78, 5) is 14.3. The van der Waals surface area contributed by atoms with Gasteiger partial charge in [0.05, 0.1) is 6.20 Å². The fourth-order valence-electron chi connectivity index (χ4n) is 1.36. The van der Waals surface area contributed by atoms with Gasteiger partial charge in [-0.2, -0.15) is 13.2 Å². The minimum absolute atomic E-state index is 0.236. The molecule has 2 rings (SSSR count). The van der Waals surface area contributed by atoms with E-state index in [0.29, 0.717) is 10.6 Å². The summed E-state index contributed by atoms with van der Waals surface area (Å²) in [5, 5.41) is 2.25. The molecule has 2 aromatic heterocycles. The first kappa shape index (κ1) is 12.4. The van der Waals surface area contributed by atoms with E-state index in [4.69, 9.17) is 5.73 Å². The molecule has 18 heavy (non-hydrogen) atoms. The lowest BCUT2D eigenvalue weighted by atomic mass is 10.4. The van der Waals surface area contributed by atoms with Crippen molar-refractivity contribution in [1.82, 2.24) is 14.6 Å². The van der Waals surface area contributed by atoms with E-state index in [1.165, 1.54) is 0 Å². The number of amides is 1. The van der Waals surface area contributed by atoms with Gasteiger partial charge in [-0.15, -0.1) is 0 Å². The van der Waals surface area contributed by atoms with E-state index in [1.807, 2.05) is 0 Å². The van der Waals surface area contributed by atoms with Crippen LogP contribution in [0.2, 0.25) is 0 Å². The number of nitrogens with two attached hydrogens (primary N) is 1. The number of ether oxygens (including phenoxy) is 1. The van der Waals surface area contributed by atoms with Gasteiger partial charge in [-0.1, -0.05) is 12.2 Å². The maximum atomic E-state index is 12.7. The van der Waals surface area contributed by atoms with Crippen molar-refractivity contribution in [2.24, 2.45) is 5.73 Å². The predicted molar refractivity (Wildman–Crippen MR) is 55.6 cm³/mol. The molecule has 0 saturated carbocycles. The number of halogens is 3. The molecule has 96 valence electrons. The standard InChI is InChI=1S/C8H5F3N4O2S/c9-8(10,11)4-1-5(18)14-6-3(17-7(12)16)2-13-15(4)6/h1-2,13H,(H2,12,16). The van der Waals surface area contributed by atoms with Gasteiger partial charge < -0.3 is 10.5 Å². The first-order valence-electron chi connectivity index (χ1n) is 4.44. The fourth-order valence-corrected chi connectivity index (χ4v) is 1.56. The lowest BCUT2D eigenvalue weighted by Gasteiger charge is -2.08. The Hall–Kier alpha value is -2.10. The molecule has 0 atom stereocenters. The van der Waals surface area contributed by atoms with Gasteiger partial charge in [0.25, 0.3) is 0 Å². The Morgan fingerprint density at radius 2 is 2.22 bits per heavy atom. The summed E-state index contributed by atoms with van der Waals surface area (Å²) in [6.07, 6.45) is -4.77. The van der Waals surface area contributed by atoms with Gasteiger partial charge in [-0.3, -0.25) is 5.10 Å². The topological polar surface area (TPSA) is 85.4 Å². The zero-order chi connectivity index (χ0) is 13.5. The van der Waals surface area contributed by atoms with E-state index in [2.05, 4.69) is 27.0 Å². The number of hydrogen-bond acceptors (Lipinski definition) is 4. The highest BCUT2D eigenvalue weighted by Crippen LogP contribution is 2.31. The van der Waals surface area contributed by atoms with Crippen molar-refractivity contribution < 1.29 is 22.7 Å². The van der Waals surface area contributed by atoms with Gasteiger partial charge in [0.2, 0.25) is 0 Å². The van der Waals surface area contributed by atoms with Crippen molar-refractivity contribution in [3.8, 4) is 5.75 Å². The van der Waals surface area contributed by atoms with E-state index in [1.54, 1.807) is 0 Å². The lowest BCUT2D eigenvalue weighted by Crippen LogP contribution is -2.17. The molecule has 0 saturated heterocycles. The highest BCUT2D eigenvalue weighted by molar-refractivity contribution is 7.71. The van der Waals surface area contributed by atoms with E-state index in [9.17, 15) is 18.0 Å². The van der Waals surface area contributed by atoms with Crippen LogP contribution in [-0.4, -0.2) is 20.7 Å². The molecule has 0 bridgehead atoms. The van der Waals surface area contributed by atoms with E-state index in [-0.39, 0.29) is 16.0 Å². The maximum absolute atomic E-state index is 12.7. The van der Waals surface area contributed by atoms with Crippen LogP contribution < -0.4 is 10.5 Å². The van der Waals surface area contributed by atoms with Crippen LogP contribution in [0.15, 0.2) is 12.3 Å². The van der Waals surface area contributed by atoms with E-state index in [0.717, 1.165) is 6.20 Å². The first-order valence-corrected chi connectivity index (χ1v) is 4.85. The van der Waals surface area contributed by atoms with Gasteiger partial charge in [0.15, 0.2) is 11.4 Å². The van der Waals surface area contributed by atoms with Crippen molar-refractivity contribution in [2.75, 3.05) is 0 Å². The second kappa shape index (κ2) is 3.98. The highest BCUT2D eigenvalue weighted by Gasteiger charge is 2.34. The average Bonchev–Trinajstić information content (AvgIpc) is 2.58. The Kier molecular flexibility index (Phi) is 2.73. The van der Waals surface area contributed by atoms with Gasteiger partial charge in [-0.25, -0.2) is 14.3 Å². The molecule has 1 amide bonds. The number of alkyl halides is 3. The van der Waals surface area contributed by atoms with Crippen molar-refractivity contribution in [2.45, 2.75) is 6.18 Å². The molecule has 3 N–H and O–H groups in total. The van der Waals surface area contributed by atoms with Crippen molar-refractivity contribution >= 4 is 24.0 Å². The summed E-state index contributed by atoms with van der Waals surface area (Å²) in [5.74, 6) is -0.236. The van der Waals surface area contributed by atoms with E-state index >= 15 is 0 Å². The van der Waals surface area contributed by atoms with Crippen molar-refractivity contribution in [1.29, 1.82) is 0 Å². The summed E-state index contributed by atoms with van der Waals surface area (Å²) in [7, 11) is 0. The molecular formula is C8H5F3N4O2S. The number of rotatable bonds is 1. The predicted octanol–water partition coefficient (Wildman–Crippen LogP) is 1.87. The van der Waals surface area contributed by atoms with Gasteiger partial charge in [0, 0.05) is 6.07 Å². The largest absolute Gasteiger partial charge is 0.433 e. The SMILES string of the molecule is NC(=O)Oc1c[nH]n2c(C(F)(F)F)cc(=S)nc12. The van der Waals surface area contributed by atoms with Crippen LogP contribution in [0.3, 0.4) is 0 Å². The Morgan fingerprint density at radius 3 is 2.78 bits per heavy atom. The van der Waals surface area contributed by atoms with Crippen LogP contribution in [0.4, 0.5) is 18.0 Å². The second-order valence-electron chi connectivity index (χ2n) is 3.20. The van der Waals surface area contributed by atoms with Gasteiger partial charge in [0.1, 0.15) is 10.3 Å². The Morgan fingerprint density at radius 1 is 1.56 bits per heavy atom. The molecule has 0 radical (unpaired) electrons. The number of carbonyl (C=O) groups is 1. The Bertz CT molecular complexity index is 675. The zero-order valence-electron chi connectivity index (χ0n) is 8.49. The summed E-state index contributed by atoms with van der Waals surface area (Å²) < 4.78 is 43.0. The number of primary amides is 1. The molecule has 0 fully saturated rings. The molecule has 2 heterocycles. The monoisotopic (exact) mass is 278 g/mol. The lowest BCUT2D eigenvalue weighted by molar-refractivity contribution is -0.142. The third-order valence-corrected chi connectivity index (χ3v) is 2.18. The van der Waals surface area contributed by atoms with Gasteiger partial charge >= 0.3 is 12.3 Å². The summed E-state index contributed by atoms with van der Waals surface area (Å²) >= 11 is 4.63. The average molecular weight is 278 g/mol. The summed E-state index contributed by atoms with van der Waals surface area (Å²) in [6, 6.07) is 0.687. The molecule has 6 nitrogen and oxygen atoms in total. The molecule has 10 heteroatoms. The van der Waals surface area contributed by atoms with Crippen LogP contribution in [0, 0.1) is 4.64 Å². The number of nitrogens with one attached hydrogen (secondary N) is 1. The number of hydrogen-bond donors (Lipinski definition) is 2. The summed E-state index contributed by atoms with van der Waals surface area (Å²) in [6.45, 7) is 0. The molecule has 0 aromatic carbocycles. The molecule has 0 unspecified atom stereocenters. The summed E-state index contributed by atoms with van der Waals surface area (Å²) in [5.41, 5.74) is 3.45. The quantitative estimate of drug-likeness (QED) is 0.780. The third kappa shape index (κ3) is 2.14. The van der Waals surface area contributed by atoms with Crippen molar-refractivity contribution in [3.63, 3.8) is 0 Å². The molecule has 0 spiro atoms. The molecule has 0 aliphatic rings. The molecule has 0 aliphatic heterocycles. The van der Waals surface area contributed by atoms with Crippen LogP contribution in [0.1, 0.15) is 5.69 Å². The van der Waals surface area contributed by atoms with Crippen LogP contribution in [0.25, 0.3) is 5.65 Å². The van der Waals surface area contributed by atoms with Crippen LogP contribution in [0.5, 0.6) is 5.75 Å². The van der Waals surface area contributed by atoms with E-state index < -0.39 is 18.0 Å². The first-order chi connectivity index (χ1) is 8.29. The van der Waals surface area contributed by atoms with Crippen LogP contribution in [-0.2, 0) is 6.18 Å². The minimum atomic E-state index is -4.63. The smallest absolute Gasteiger partial charge is 0.405 e. The normalized spacial score (nSPS) is 11.7. The zero-order valence-corrected chi connectivity index (χ0v) is 9.30. The van der Waals surface area contributed by atoms with Crippen LogP contribution >= 0.6 is 12.2 Å². The fraction of sp³-hybridized carbons (Fsp3) is 0.125. The minimum Gasteiger partial charge on any atom is -0.405 e. The van der Waals surface area contributed by atoms with Crippen molar-refractivity contribution in [3.05, 3.63) is 22.6 Å². The number of aromatic nitrogens is 3. The molecule has 0 aliphatic carbocycles. The Balaban J connectivity index is 2.73. The number of nitrogens with zero attached hydrogens (tertiary/aromatic N) is 2. The second-order valence-corrected chi connectivity index (χ2v) is 3.61. The molecular weight excluding hydrogens is 273 g/mol. The highest BCUT2D eigenvalue weighted by atomic mass is 32.1.